The van der Waals surface area contributed by atoms with Gasteiger partial charge in [-0.25, -0.2) is 0 Å². The molecule has 0 spiro atoms. The molecule has 2 aromatic rings. The van der Waals surface area contributed by atoms with Gasteiger partial charge in [0.1, 0.15) is 0 Å². The van der Waals surface area contributed by atoms with Gasteiger partial charge in [0, 0.05) is 28.8 Å². The maximum absolute atomic E-state index is 6.20. The van der Waals surface area contributed by atoms with Gasteiger partial charge in [-0.15, -0.1) is 11.8 Å². The van der Waals surface area contributed by atoms with E-state index in [1.54, 1.807) is 18.0 Å². The second-order valence-electron chi connectivity index (χ2n) is 4.49. The zero-order valence-corrected chi connectivity index (χ0v) is 11.0. The van der Waals surface area contributed by atoms with E-state index in [0.29, 0.717) is 6.10 Å². The summed E-state index contributed by atoms with van der Waals surface area (Å²) in [4.78, 5) is 5.44. The molecule has 1 aromatic carbocycles. The molecule has 2 N–H and O–H groups in total. The molecular formula is C14H16N2OS. The molecule has 3 rings (SSSR count). The first-order valence-corrected chi connectivity index (χ1v) is 7.21. The van der Waals surface area contributed by atoms with Gasteiger partial charge in [0.25, 0.3) is 0 Å². The number of fused-ring (bicyclic) bond motifs is 1. The van der Waals surface area contributed by atoms with Crippen LogP contribution in [0.25, 0.3) is 10.9 Å². The van der Waals surface area contributed by atoms with E-state index < -0.39 is 0 Å². The van der Waals surface area contributed by atoms with Gasteiger partial charge in [-0.1, -0.05) is 0 Å². The summed E-state index contributed by atoms with van der Waals surface area (Å²) in [6.45, 7) is 0.905. The number of pyridine rings is 1. The maximum Gasteiger partial charge on any atom is 0.0723 e. The first kappa shape index (κ1) is 11.8. The molecule has 0 saturated carbocycles. The van der Waals surface area contributed by atoms with Crippen LogP contribution in [0.1, 0.15) is 12.8 Å². The standard InChI is InChI=1S/C14H16N2OS/c15-14-11-4-1-7-16-12(11)5-6-13(14)18-9-10-3-2-8-17-10/h1,4-7,10H,2-3,8-9,15H2. The highest BCUT2D eigenvalue weighted by molar-refractivity contribution is 7.99. The molecule has 3 nitrogen and oxygen atoms in total. The van der Waals surface area contributed by atoms with Gasteiger partial charge in [-0.05, 0) is 37.1 Å². The van der Waals surface area contributed by atoms with Crippen molar-refractivity contribution in [1.29, 1.82) is 0 Å². The van der Waals surface area contributed by atoms with E-state index in [4.69, 9.17) is 10.5 Å². The van der Waals surface area contributed by atoms with Crippen LogP contribution in [0.3, 0.4) is 0 Å². The summed E-state index contributed by atoms with van der Waals surface area (Å²) in [5.41, 5.74) is 7.99. The summed E-state index contributed by atoms with van der Waals surface area (Å²) in [6, 6.07) is 8.04. The topological polar surface area (TPSA) is 48.1 Å². The van der Waals surface area contributed by atoms with Crippen LogP contribution in [-0.4, -0.2) is 23.4 Å². The Hall–Kier alpha value is -1.26. The van der Waals surface area contributed by atoms with Crippen LogP contribution >= 0.6 is 11.8 Å². The highest BCUT2D eigenvalue weighted by atomic mass is 32.2. The summed E-state index contributed by atoms with van der Waals surface area (Å²) >= 11 is 1.78. The van der Waals surface area contributed by atoms with Crippen molar-refractivity contribution in [2.45, 2.75) is 23.8 Å². The van der Waals surface area contributed by atoms with Crippen LogP contribution < -0.4 is 5.73 Å². The molecule has 18 heavy (non-hydrogen) atoms. The quantitative estimate of drug-likeness (QED) is 0.680. The van der Waals surface area contributed by atoms with Crippen molar-refractivity contribution in [3.8, 4) is 0 Å². The van der Waals surface area contributed by atoms with Crippen LogP contribution in [0.2, 0.25) is 0 Å². The normalized spacial score (nSPS) is 19.4. The Morgan fingerprint density at radius 1 is 1.39 bits per heavy atom. The molecule has 1 atom stereocenters. The van der Waals surface area contributed by atoms with Gasteiger partial charge >= 0.3 is 0 Å². The smallest absolute Gasteiger partial charge is 0.0723 e. The lowest BCUT2D eigenvalue weighted by atomic mass is 10.2. The summed E-state index contributed by atoms with van der Waals surface area (Å²) in [7, 11) is 0. The maximum atomic E-state index is 6.20. The van der Waals surface area contributed by atoms with Crippen molar-refractivity contribution in [2.24, 2.45) is 0 Å². The summed E-state index contributed by atoms with van der Waals surface area (Å²) in [5, 5.41) is 1.04. The van der Waals surface area contributed by atoms with E-state index in [9.17, 15) is 0 Å². The van der Waals surface area contributed by atoms with E-state index in [-0.39, 0.29) is 0 Å². The van der Waals surface area contributed by atoms with E-state index in [0.717, 1.165) is 33.8 Å². The van der Waals surface area contributed by atoms with Gasteiger partial charge in [0.15, 0.2) is 0 Å². The first-order chi connectivity index (χ1) is 8.84. The molecule has 1 fully saturated rings. The zero-order chi connectivity index (χ0) is 12.4. The van der Waals surface area contributed by atoms with Gasteiger partial charge in [-0.3, -0.25) is 4.98 Å². The number of aromatic nitrogens is 1. The summed E-state index contributed by atoms with van der Waals surface area (Å²) < 4.78 is 5.63. The van der Waals surface area contributed by atoms with Crippen LogP contribution in [-0.2, 0) is 4.74 Å². The third kappa shape index (κ3) is 2.31. The van der Waals surface area contributed by atoms with E-state index in [1.165, 1.54) is 12.8 Å². The van der Waals surface area contributed by atoms with Crippen molar-refractivity contribution in [3.63, 3.8) is 0 Å². The lowest BCUT2D eigenvalue weighted by molar-refractivity contribution is 0.129. The van der Waals surface area contributed by atoms with Gasteiger partial charge in [0.05, 0.1) is 17.3 Å². The Morgan fingerprint density at radius 2 is 2.33 bits per heavy atom. The number of hydrogen-bond acceptors (Lipinski definition) is 4. The van der Waals surface area contributed by atoms with Crippen molar-refractivity contribution >= 4 is 28.4 Å². The fourth-order valence-corrected chi connectivity index (χ4v) is 3.30. The number of rotatable bonds is 3. The molecule has 94 valence electrons. The number of thioether (sulfide) groups is 1. The number of nitrogens with zero attached hydrogens (tertiary/aromatic N) is 1. The fraction of sp³-hybridized carbons (Fsp3) is 0.357. The minimum atomic E-state index is 0.388. The minimum Gasteiger partial charge on any atom is -0.397 e. The number of anilines is 1. The molecule has 0 bridgehead atoms. The Labute approximate surface area is 111 Å². The number of nitrogens with two attached hydrogens (primary N) is 1. The molecule has 1 aromatic heterocycles. The van der Waals surface area contributed by atoms with Crippen molar-refractivity contribution < 1.29 is 4.74 Å². The van der Waals surface area contributed by atoms with Crippen LogP contribution in [0, 0.1) is 0 Å². The molecule has 4 heteroatoms. The predicted molar refractivity (Wildman–Crippen MR) is 75.9 cm³/mol. The number of ether oxygens (including phenoxy) is 1. The third-order valence-electron chi connectivity index (χ3n) is 3.24. The monoisotopic (exact) mass is 260 g/mol. The predicted octanol–water partition coefficient (Wildman–Crippen LogP) is 3.09. The highest BCUT2D eigenvalue weighted by Gasteiger charge is 2.16. The van der Waals surface area contributed by atoms with Gasteiger partial charge in [0.2, 0.25) is 0 Å². The molecule has 1 saturated heterocycles. The number of benzene rings is 1. The fourth-order valence-electron chi connectivity index (χ4n) is 2.24. The highest BCUT2D eigenvalue weighted by Crippen LogP contribution is 2.32. The minimum absolute atomic E-state index is 0.388. The van der Waals surface area contributed by atoms with Crippen LogP contribution in [0.15, 0.2) is 35.4 Å². The van der Waals surface area contributed by atoms with Gasteiger partial charge < -0.3 is 10.5 Å². The molecule has 0 aliphatic carbocycles. The lowest BCUT2D eigenvalue weighted by Crippen LogP contribution is -2.08. The first-order valence-electron chi connectivity index (χ1n) is 6.22. The second kappa shape index (κ2) is 5.16. The largest absolute Gasteiger partial charge is 0.397 e. The SMILES string of the molecule is Nc1c(SCC2CCCO2)ccc2ncccc12. The van der Waals surface area contributed by atoms with Gasteiger partial charge in [-0.2, -0.15) is 0 Å². The van der Waals surface area contributed by atoms with Crippen molar-refractivity contribution in [1.82, 2.24) is 4.98 Å². The second-order valence-corrected chi connectivity index (χ2v) is 5.56. The molecule has 1 aliphatic rings. The Bertz CT molecular complexity index is 552. The Kier molecular flexibility index (Phi) is 3.39. The number of nitrogen functional groups attached to an aromatic ring is 1. The summed E-state index contributed by atoms with van der Waals surface area (Å²) in [6.07, 6.45) is 4.53. The van der Waals surface area contributed by atoms with Crippen LogP contribution in [0.5, 0.6) is 0 Å². The third-order valence-corrected chi connectivity index (χ3v) is 4.44. The molecule has 0 amide bonds. The molecule has 2 heterocycles. The molecule has 1 aliphatic heterocycles. The zero-order valence-electron chi connectivity index (χ0n) is 10.1. The summed E-state index contributed by atoms with van der Waals surface area (Å²) in [5.74, 6) is 0.982. The van der Waals surface area contributed by atoms with Crippen molar-refractivity contribution in [2.75, 3.05) is 18.1 Å². The van der Waals surface area contributed by atoms with Crippen LogP contribution in [0.4, 0.5) is 5.69 Å². The van der Waals surface area contributed by atoms with E-state index in [2.05, 4.69) is 11.1 Å². The average Bonchev–Trinajstić information content (AvgIpc) is 2.91. The lowest BCUT2D eigenvalue weighted by Gasteiger charge is -2.11. The molecule has 0 radical (unpaired) electrons. The van der Waals surface area contributed by atoms with E-state index in [1.807, 2.05) is 18.2 Å². The molecular weight excluding hydrogens is 244 g/mol. The van der Waals surface area contributed by atoms with E-state index >= 15 is 0 Å². The Balaban J connectivity index is 1.81. The molecule has 1 unspecified atom stereocenters. The average molecular weight is 260 g/mol. The Morgan fingerprint density at radius 3 is 3.17 bits per heavy atom. The number of hydrogen-bond donors (Lipinski definition) is 1. The van der Waals surface area contributed by atoms with Crippen molar-refractivity contribution in [3.05, 3.63) is 30.5 Å².